The lowest BCUT2D eigenvalue weighted by atomic mass is 10.3. The van der Waals surface area contributed by atoms with Crippen molar-refractivity contribution in [3.63, 3.8) is 0 Å². The fourth-order valence-corrected chi connectivity index (χ4v) is 1.08. The number of unbranched alkanes of at least 4 members (excludes halogenated alkanes) is 1. The molecular weight excluding hydrogens is 148 g/mol. The van der Waals surface area contributed by atoms with Crippen LogP contribution in [0.3, 0.4) is 0 Å². The molecule has 0 aromatic rings. The normalized spacial score (nSPS) is 39.5. The molecule has 2 aliphatic heterocycles. The second-order valence-electron chi connectivity index (χ2n) is 2.78. The Balaban J connectivity index is 1.47. The molecule has 2 rings (SSSR count). The maximum absolute atomic E-state index is 8.45. The molecule has 3 atom stereocenters. The van der Waals surface area contributed by atoms with E-state index >= 15 is 0 Å². The second-order valence-corrected chi connectivity index (χ2v) is 2.78. The number of hydrogen-bond donors (Lipinski definition) is 1. The fraction of sp³-hybridized carbons (Fsp3) is 1.00. The molecule has 0 amide bonds. The quantitative estimate of drug-likeness (QED) is 0.449. The summed E-state index contributed by atoms with van der Waals surface area (Å²) in [6, 6.07) is 0. The maximum atomic E-state index is 8.45. The second kappa shape index (κ2) is 3.06. The van der Waals surface area contributed by atoms with Gasteiger partial charge in [-0.2, -0.15) is 0 Å². The lowest BCUT2D eigenvalue weighted by Gasteiger charge is -2.20. The Kier molecular flexibility index (Phi) is 2.09. The molecule has 3 unspecified atom stereocenters. The SMILES string of the molecule is OCCCCOC1OC2OC12. The monoisotopic (exact) mass is 160 g/mol. The molecule has 0 saturated carbocycles. The molecule has 2 fully saturated rings. The number of ether oxygens (including phenoxy) is 3. The third-order valence-corrected chi connectivity index (χ3v) is 1.85. The molecule has 2 aliphatic rings. The van der Waals surface area contributed by atoms with Crippen LogP contribution in [0.25, 0.3) is 0 Å². The van der Waals surface area contributed by atoms with E-state index in [1.807, 2.05) is 0 Å². The topological polar surface area (TPSA) is 51.2 Å². The van der Waals surface area contributed by atoms with Gasteiger partial charge in [-0.25, -0.2) is 0 Å². The number of hydrogen-bond acceptors (Lipinski definition) is 4. The van der Waals surface area contributed by atoms with Crippen LogP contribution < -0.4 is 0 Å². The molecule has 0 bridgehead atoms. The van der Waals surface area contributed by atoms with Crippen molar-refractivity contribution in [3.05, 3.63) is 0 Å². The summed E-state index contributed by atoms with van der Waals surface area (Å²) in [7, 11) is 0. The molecule has 0 aliphatic carbocycles. The Morgan fingerprint density at radius 1 is 1.27 bits per heavy atom. The van der Waals surface area contributed by atoms with Crippen molar-refractivity contribution in [1.82, 2.24) is 0 Å². The van der Waals surface area contributed by atoms with Crippen molar-refractivity contribution in [2.75, 3.05) is 13.2 Å². The van der Waals surface area contributed by atoms with E-state index in [0.29, 0.717) is 6.61 Å². The largest absolute Gasteiger partial charge is 0.396 e. The van der Waals surface area contributed by atoms with E-state index in [1.165, 1.54) is 0 Å². The van der Waals surface area contributed by atoms with E-state index in [9.17, 15) is 0 Å². The fourth-order valence-electron chi connectivity index (χ4n) is 1.08. The molecule has 4 nitrogen and oxygen atoms in total. The average Bonchev–Trinajstić information content (AvgIpc) is 2.62. The summed E-state index contributed by atoms with van der Waals surface area (Å²) in [4.78, 5) is 0. The van der Waals surface area contributed by atoms with Crippen LogP contribution in [0.2, 0.25) is 0 Å². The molecule has 2 heterocycles. The number of epoxide rings is 1. The van der Waals surface area contributed by atoms with Gasteiger partial charge in [0, 0.05) is 13.2 Å². The minimum Gasteiger partial charge on any atom is -0.396 e. The molecule has 1 N–H and O–H groups in total. The number of rotatable bonds is 5. The Bertz CT molecular complexity index is 138. The summed E-state index contributed by atoms with van der Waals surface area (Å²) in [6.07, 6.45) is 1.80. The molecule has 11 heavy (non-hydrogen) atoms. The van der Waals surface area contributed by atoms with E-state index in [-0.39, 0.29) is 25.3 Å². The Morgan fingerprint density at radius 3 is 2.73 bits per heavy atom. The van der Waals surface area contributed by atoms with Crippen LogP contribution in [0, 0.1) is 0 Å². The molecule has 0 spiro atoms. The van der Waals surface area contributed by atoms with Gasteiger partial charge in [0.25, 0.3) is 0 Å². The highest BCUT2D eigenvalue weighted by Gasteiger charge is 2.59. The van der Waals surface area contributed by atoms with Crippen LogP contribution in [0.5, 0.6) is 0 Å². The first-order valence-electron chi connectivity index (χ1n) is 3.95. The van der Waals surface area contributed by atoms with Gasteiger partial charge < -0.3 is 19.3 Å². The standard InChI is InChI=1S/C7H12O4/c8-3-1-2-4-9-6-5-7(10-5)11-6/h5-8H,1-4H2. The first kappa shape index (κ1) is 7.49. The number of aliphatic hydroxyl groups excluding tert-OH is 1. The van der Waals surface area contributed by atoms with Crippen LogP contribution in [0.15, 0.2) is 0 Å². The predicted molar refractivity (Wildman–Crippen MR) is 35.8 cm³/mol. The average molecular weight is 160 g/mol. The minimum atomic E-state index is -0.126. The minimum absolute atomic E-state index is 0.0397. The molecule has 64 valence electrons. The van der Waals surface area contributed by atoms with E-state index in [1.54, 1.807) is 0 Å². The lowest BCUT2D eigenvalue weighted by Crippen LogP contribution is -2.36. The van der Waals surface area contributed by atoms with Gasteiger partial charge >= 0.3 is 0 Å². The van der Waals surface area contributed by atoms with Gasteiger partial charge in [0.1, 0.15) is 0 Å². The zero-order chi connectivity index (χ0) is 7.68. The zero-order valence-corrected chi connectivity index (χ0v) is 6.23. The van der Waals surface area contributed by atoms with E-state index in [4.69, 9.17) is 19.3 Å². The maximum Gasteiger partial charge on any atom is 0.192 e. The van der Waals surface area contributed by atoms with Crippen LogP contribution >= 0.6 is 0 Å². The Morgan fingerprint density at radius 2 is 2.18 bits per heavy atom. The molecule has 0 aromatic carbocycles. The lowest BCUT2D eigenvalue weighted by molar-refractivity contribution is -0.202. The summed E-state index contributed by atoms with van der Waals surface area (Å²) >= 11 is 0. The van der Waals surface area contributed by atoms with Crippen molar-refractivity contribution < 1.29 is 19.3 Å². The summed E-state index contributed by atoms with van der Waals surface area (Å²) < 4.78 is 15.4. The number of aliphatic hydroxyl groups is 1. The summed E-state index contributed by atoms with van der Waals surface area (Å²) in [5, 5.41) is 8.45. The summed E-state index contributed by atoms with van der Waals surface area (Å²) in [6.45, 7) is 0.884. The van der Waals surface area contributed by atoms with Crippen molar-refractivity contribution in [2.45, 2.75) is 31.5 Å². The van der Waals surface area contributed by atoms with Gasteiger partial charge in [-0.1, -0.05) is 0 Å². The van der Waals surface area contributed by atoms with Gasteiger partial charge in [0.05, 0.1) is 0 Å². The van der Waals surface area contributed by atoms with Gasteiger partial charge in [-0.05, 0) is 12.8 Å². The van der Waals surface area contributed by atoms with Crippen LogP contribution in [-0.2, 0) is 14.2 Å². The highest BCUT2D eigenvalue weighted by atomic mass is 16.9. The smallest absolute Gasteiger partial charge is 0.192 e. The third-order valence-electron chi connectivity index (χ3n) is 1.85. The molecule has 0 radical (unpaired) electrons. The van der Waals surface area contributed by atoms with Gasteiger partial charge in [-0.15, -0.1) is 0 Å². The van der Waals surface area contributed by atoms with Gasteiger partial charge in [0.2, 0.25) is 0 Å². The van der Waals surface area contributed by atoms with Crippen molar-refractivity contribution >= 4 is 0 Å². The van der Waals surface area contributed by atoms with E-state index < -0.39 is 0 Å². The van der Waals surface area contributed by atoms with Gasteiger partial charge in [-0.3, -0.25) is 0 Å². The summed E-state index contributed by atoms with van der Waals surface area (Å²) in [5.74, 6) is 0. The molecule has 0 aromatic heterocycles. The Labute approximate surface area is 65.1 Å². The predicted octanol–water partition coefficient (Wildman–Crippen LogP) is -0.143. The van der Waals surface area contributed by atoms with Crippen LogP contribution in [-0.4, -0.2) is 37.0 Å². The first-order chi connectivity index (χ1) is 5.42. The van der Waals surface area contributed by atoms with Gasteiger partial charge in [0.15, 0.2) is 18.7 Å². The molecule has 4 heteroatoms. The number of fused-ring (bicyclic) bond motifs is 1. The Hall–Kier alpha value is -0.160. The van der Waals surface area contributed by atoms with Crippen molar-refractivity contribution in [1.29, 1.82) is 0 Å². The molecular formula is C7H12O4. The highest BCUT2D eigenvalue weighted by Crippen LogP contribution is 2.40. The highest BCUT2D eigenvalue weighted by molar-refractivity contribution is 4.90. The van der Waals surface area contributed by atoms with Crippen molar-refractivity contribution in [3.8, 4) is 0 Å². The van der Waals surface area contributed by atoms with E-state index in [2.05, 4.69) is 0 Å². The third kappa shape index (κ3) is 1.54. The molecule has 2 saturated heterocycles. The first-order valence-corrected chi connectivity index (χ1v) is 3.95. The van der Waals surface area contributed by atoms with Crippen LogP contribution in [0.4, 0.5) is 0 Å². The van der Waals surface area contributed by atoms with E-state index in [0.717, 1.165) is 12.8 Å². The van der Waals surface area contributed by atoms with Crippen molar-refractivity contribution in [2.24, 2.45) is 0 Å². The summed E-state index contributed by atoms with van der Waals surface area (Å²) in [5.41, 5.74) is 0. The van der Waals surface area contributed by atoms with Crippen LogP contribution in [0.1, 0.15) is 12.8 Å². The zero-order valence-electron chi connectivity index (χ0n) is 6.23.